The Labute approximate surface area is 318 Å². The summed E-state index contributed by atoms with van der Waals surface area (Å²) in [6.07, 6.45) is 3.01. The van der Waals surface area contributed by atoms with E-state index < -0.39 is 5.41 Å². The molecule has 0 N–H and O–H groups in total. The maximum atomic E-state index is 4.48. The molecular weight excluding hydrogens is 637 g/mol. The molecule has 266 valence electrons. The predicted molar refractivity (Wildman–Crippen MR) is 229 cm³/mol. The monoisotopic (exact) mass is 690 g/mol. The van der Waals surface area contributed by atoms with Crippen LogP contribution in [-0.2, 0) is 11.8 Å². The van der Waals surface area contributed by atoms with Crippen molar-refractivity contribution < 1.29 is 0 Å². The maximum Gasteiger partial charge on any atom is 0.0733 e. The summed E-state index contributed by atoms with van der Waals surface area (Å²) >= 11 is 0. The minimum Gasteiger partial charge on any atom is -0.0984 e. The lowest BCUT2D eigenvalue weighted by atomic mass is 9.65. The Morgan fingerprint density at radius 2 is 1.00 bits per heavy atom. The molecule has 6 aromatic carbocycles. The number of hydrogen-bond donors (Lipinski definition) is 0. The van der Waals surface area contributed by atoms with Gasteiger partial charge in [-0.25, -0.2) is 0 Å². The van der Waals surface area contributed by atoms with Crippen molar-refractivity contribution in [2.24, 2.45) is 0 Å². The predicted octanol–water partition coefficient (Wildman–Crippen LogP) is 13.9. The third-order valence-corrected chi connectivity index (χ3v) is 14.2. The zero-order valence-corrected chi connectivity index (χ0v) is 34.3. The summed E-state index contributed by atoms with van der Waals surface area (Å²) in [6.45, 7) is 34.9. The Hall–Kier alpha value is -4.94. The first-order valence-electron chi connectivity index (χ1n) is 19.5. The van der Waals surface area contributed by atoms with Gasteiger partial charge < -0.3 is 0 Å². The molecule has 0 atom stereocenters. The summed E-state index contributed by atoms with van der Waals surface area (Å²) in [4.78, 5) is 0. The number of hydrogen-bond acceptors (Lipinski definition) is 0. The molecule has 0 aliphatic heterocycles. The molecule has 0 amide bonds. The normalized spacial score (nSPS) is 13.3. The van der Waals surface area contributed by atoms with Crippen LogP contribution in [-0.4, -0.2) is 0 Å². The molecule has 0 unspecified atom stereocenters. The minimum absolute atomic E-state index is 0.425. The van der Waals surface area contributed by atoms with E-state index in [9.17, 15) is 0 Å². The molecule has 0 radical (unpaired) electrons. The first-order chi connectivity index (χ1) is 25.2. The minimum atomic E-state index is -0.425. The van der Waals surface area contributed by atoms with Crippen molar-refractivity contribution in [2.45, 2.75) is 102 Å². The smallest absolute Gasteiger partial charge is 0.0733 e. The lowest BCUT2D eigenvalue weighted by Crippen LogP contribution is -2.30. The van der Waals surface area contributed by atoms with E-state index in [-0.39, 0.29) is 0 Å². The molecule has 0 saturated heterocycles. The number of rotatable bonds is 4. The van der Waals surface area contributed by atoms with Gasteiger partial charge >= 0.3 is 0 Å². The third kappa shape index (κ3) is 4.48. The average molecular weight is 691 g/mol. The van der Waals surface area contributed by atoms with Crippen LogP contribution >= 0.6 is 0 Å². The topological polar surface area (TPSA) is 0 Å². The van der Waals surface area contributed by atoms with Crippen molar-refractivity contribution >= 4 is 6.08 Å². The standard InChI is InChI=1S/C53H54/c1-15-42-34(9)33(8)39(14)52-49(42)45-26-40(25-41-18-16-17-19-44(41)43-22-20-27(2)24-28(43)3)21-23-46(45)53(52)50-37(12)31(6)29(4)35(10)47(50)48-36(11)30(5)32(7)38(13)51(48)53/h15-24,26H,1,25H2,2-14H3. The second kappa shape index (κ2) is 12.0. The van der Waals surface area contributed by atoms with Crippen LogP contribution in [0.5, 0.6) is 0 Å². The van der Waals surface area contributed by atoms with E-state index >= 15 is 0 Å². The molecule has 1 spiro atoms. The van der Waals surface area contributed by atoms with Gasteiger partial charge in [0.25, 0.3) is 0 Å². The Morgan fingerprint density at radius 3 is 1.57 bits per heavy atom. The molecule has 8 rings (SSSR count). The highest BCUT2D eigenvalue weighted by molar-refractivity contribution is 6.02. The van der Waals surface area contributed by atoms with Gasteiger partial charge in [-0.3, -0.25) is 0 Å². The summed E-state index contributed by atoms with van der Waals surface area (Å²) in [5.74, 6) is 0. The zero-order valence-electron chi connectivity index (χ0n) is 34.3. The highest BCUT2D eigenvalue weighted by Crippen LogP contribution is 2.68. The lowest BCUT2D eigenvalue weighted by molar-refractivity contribution is 0.764. The molecule has 0 fully saturated rings. The van der Waals surface area contributed by atoms with E-state index in [1.807, 2.05) is 0 Å². The van der Waals surface area contributed by atoms with Crippen molar-refractivity contribution in [3.05, 3.63) is 179 Å². The zero-order chi connectivity index (χ0) is 38.0. The van der Waals surface area contributed by atoms with Gasteiger partial charge in [0.05, 0.1) is 5.41 Å². The Bertz CT molecular complexity index is 2550. The van der Waals surface area contributed by atoms with E-state index in [1.165, 1.54) is 145 Å². The summed E-state index contributed by atoms with van der Waals surface area (Å²) in [5, 5.41) is 0. The van der Waals surface area contributed by atoms with Crippen molar-refractivity contribution in [3.8, 4) is 33.4 Å². The van der Waals surface area contributed by atoms with Crippen molar-refractivity contribution in [1.82, 2.24) is 0 Å². The number of benzene rings is 6. The first-order valence-corrected chi connectivity index (χ1v) is 19.5. The van der Waals surface area contributed by atoms with Gasteiger partial charge in [-0.15, -0.1) is 0 Å². The Kier molecular flexibility index (Phi) is 7.98. The Morgan fingerprint density at radius 1 is 0.472 bits per heavy atom. The molecule has 0 heterocycles. The molecule has 53 heavy (non-hydrogen) atoms. The van der Waals surface area contributed by atoms with E-state index in [0.29, 0.717) is 0 Å². The quantitative estimate of drug-likeness (QED) is 0.172. The fourth-order valence-corrected chi connectivity index (χ4v) is 10.7. The molecule has 0 nitrogen and oxygen atoms in total. The van der Waals surface area contributed by atoms with Crippen LogP contribution in [0, 0.1) is 90.0 Å². The van der Waals surface area contributed by atoms with Crippen molar-refractivity contribution in [2.75, 3.05) is 0 Å². The molecule has 0 bridgehead atoms. The van der Waals surface area contributed by atoms with Crippen LogP contribution in [0.1, 0.15) is 111 Å². The number of aryl methyl sites for hydroxylation is 2. The SMILES string of the molecule is C=Cc1c(C)c(C)c(C)c2c1-c1cc(Cc3ccccc3-c3ccc(C)cc3C)ccc1C21c2c(C)c(C)c(C)c(C)c2-c2c(C)c(C)c(C)c(C)c21. The molecular formula is C53H54. The van der Waals surface area contributed by atoms with Gasteiger partial charge in [-0.1, -0.05) is 78.9 Å². The maximum absolute atomic E-state index is 4.48. The Balaban J connectivity index is 1.51. The molecule has 2 aliphatic carbocycles. The van der Waals surface area contributed by atoms with Gasteiger partial charge in [0, 0.05) is 0 Å². The molecule has 0 aromatic heterocycles. The summed E-state index contributed by atoms with van der Waals surface area (Å²) in [7, 11) is 0. The van der Waals surface area contributed by atoms with Crippen LogP contribution in [0.4, 0.5) is 0 Å². The third-order valence-electron chi connectivity index (χ3n) is 14.2. The highest BCUT2D eigenvalue weighted by atomic mass is 14.6. The second-order valence-corrected chi connectivity index (χ2v) is 16.5. The highest BCUT2D eigenvalue weighted by Gasteiger charge is 2.56. The van der Waals surface area contributed by atoms with Crippen LogP contribution in [0.2, 0.25) is 0 Å². The molecule has 6 aromatic rings. The van der Waals surface area contributed by atoms with Gasteiger partial charge in [0.2, 0.25) is 0 Å². The summed E-state index contributed by atoms with van der Waals surface area (Å²) in [6, 6.07) is 23.4. The lowest BCUT2D eigenvalue weighted by Gasteiger charge is -2.36. The van der Waals surface area contributed by atoms with Crippen LogP contribution in [0.15, 0.2) is 67.2 Å². The van der Waals surface area contributed by atoms with Gasteiger partial charge in [-0.05, 0) is 236 Å². The average Bonchev–Trinajstić information content (AvgIpc) is 3.61. The van der Waals surface area contributed by atoms with Crippen LogP contribution in [0.3, 0.4) is 0 Å². The van der Waals surface area contributed by atoms with Crippen molar-refractivity contribution in [3.63, 3.8) is 0 Å². The van der Waals surface area contributed by atoms with Crippen LogP contribution in [0.25, 0.3) is 39.5 Å². The summed E-state index contributed by atoms with van der Waals surface area (Å²) < 4.78 is 0. The molecule has 2 aliphatic rings. The fourth-order valence-electron chi connectivity index (χ4n) is 10.7. The van der Waals surface area contributed by atoms with E-state index in [2.05, 4.69) is 163 Å². The van der Waals surface area contributed by atoms with E-state index in [4.69, 9.17) is 0 Å². The van der Waals surface area contributed by atoms with Gasteiger partial charge in [0.15, 0.2) is 0 Å². The van der Waals surface area contributed by atoms with Crippen molar-refractivity contribution in [1.29, 1.82) is 0 Å². The van der Waals surface area contributed by atoms with Gasteiger partial charge in [-0.2, -0.15) is 0 Å². The van der Waals surface area contributed by atoms with Gasteiger partial charge in [0.1, 0.15) is 0 Å². The molecule has 0 heteroatoms. The van der Waals surface area contributed by atoms with E-state index in [1.54, 1.807) is 0 Å². The van der Waals surface area contributed by atoms with Crippen LogP contribution < -0.4 is 0 Å². The summed E-state index contributed by atoms with van der Waals surface area (Å²) in [5.41, 5.74) is 35.9. The first kappa shape index (κ1) is 35.1. The molecule has 0 saturated carbocycles. The second-order valence-electron chi connectivity index (χ2n) is 16.5. The van der Waals surface area contributed by atoms with E-state index in [0.717, 1.165) is 6.42 Å². The number of fused-ring (bicyclic) bond motifs is 10. The fraction of sp³-hybridized carbons (Fsp3) is 0.283. The largest absolute Gasteiger partial charge is 0.0984 e.